The van der Waals surface area contributed by atoms with Crippen molar-refractivity contribution in [3.05, 3.63) is 22.2 Å². The molecule has 0 radical (unpaired) electrons. The largest absolute Gasteiger partial charge is 0.489 e. The average molecular weight is 324 g/mol. The van der Waals surface area contributed by atoms with Gasteiger partial charge in [-0.15, -0.1) is 0 Å². The first-order valence-corrected chi connectivity index (χ1v) is 8.86. The zero-order valence-corrected chi connectivity index (χ0v) is 14.3. The minimum Gasteiger partial charge on any atom is -0.489 e. The van der Waals surface area contributed by atoms with E-state index >= 15 is 0 Å². The number of ether oxygens (including phenoxy) is 2. The third-order valence-corrected chi connectivity index (χ3v) is 4.94. The summed E-state index contributed by atoms with van der Waals surface area (Å²) in [6.45, 7) is 8.07. The topological polar surface area (TPSA) is 30.5 Å². The van der Waals surface area contributed by atoms with Crippen LogP contribution in [0.5, 0.6) is 11.5 Å². The van der Waals surface area contributed by atoms with E-state index in [9.17, 15) is 0 Å². The highest BCUT2D eigenvalue weighted by Crippen LogP contribution is 2.44. The monoisotopic (exact) mass is 323 g/mol. The van der Waals surface area contributed by atoms with Crippen molar-refractivity contribution in [1.82, 2.24) is 5.32 Å². The minimum atomic E-state index is 0.376. The highest BCUT2D eigenvalue weighted by molar-refractivity contribution is 6.31. The second kappa shape index (κ2) is 7.10. The fourth-order valence-corrected chi connectivity index (χ4v) is 3.82. The van der Waals surface area contributed by atoms with Crippen LogP contribution in [0, 0.1) is 5.92 Å². The molecule has 0 aromatic heterocycles. The van der Waals surface area contributed by atoms with E-state index in [2.05, 4.69) is 19.2 Å². The molecular formula is C18H26ClNO2. The molecule has 0 spiro atoms. The van der Waals surface area contributed by atoms with E-state index < -0.39 is 0 Å². The summed E-state index contributed by atoms with van der Waals surface area (Å²) in [6, 6.07) is 1.96. The Hall–Kier alpha value is -0.930. The molecule has 122 valence electrons. The predicted molar refractivity (Wildman–Crippen MR) is 90.4 cm³/mol. The summed E-state index contributed by atoms with van der Waals surface area (Å²) < 4.78 is 11.9. The van der Waals surface area contributed by atoms with E-state index in [0.717, 1.165) is 49.1 Å². The summed E-state index contributed by atoms with van der Waals surface area (Å²) in [4.78, 5) is 0. The fraction of sp³-hybridized carbons (Fsp3) is 0.667. The van der Waals surface area contributed by atoms with E-state index in [1.165, 1.54) is 24.0 Å². The van der Waals surface area contributed by atoms with Gasteiger partial charge in [0.2, 0.25) is 0 Å². The molecule has 1 unspecified atom stereocenters. The van der Waals surface area contributed by atoms with Crippen LogP contribution in [0.2, 0.25) is 5.02 Å². The van der Waals surface area contributed by atoms with Crippen molar-refractivity contribution in [3.63, 3.8) is 0 Å². The molecule has 1 saturated heterocycles. The van der Waals surface area contributed by atoms with Crippen molar-refractivity contribution in [2.45, 2.75) is 45.4 Å². The van der Waals surface area contributed by atoms with E-state index in [0.29, 0.717) is 18.4 Å². The van der Waals surface area contributed by atoms with Crippen LogP contribution >= 0.6 is 11.6 Å². The Labute approximate surface area is 138 Å². The van der Waals surface area contributed by atoms with Crippen molar-refractivity contribution in [2.75, 3.05) is 26.3 Å². The molecule has 4 heteroatoms. The van der Waals surface area contributed by atoms with Gasteiger partial charge in [0.15, 0.2) is 11.5 Å². The normalized spacial score (nSPS) is 21.7. The van der Waals surface area contributed by atoms with Gasteiger partial charge in [0.05, 0.1) is 13.2 Å². The predicted octanol–water partition coefficient (Wildman–Crippen LogP) is 4.17. The molecule has 2 heterocycles. The molecule has 2 aliphatic rings. The molecule has 1 fully saturated rings. The number of halogens is 1. The fourth-order valence-electron chi connectivity index (χ4n) is 3.54. The Morgan fingerprint density at radius 1 is 1.27 bits per heavy atom. The molecule has 0 bridgehead atoms. The molecule has 0 amide bonds. The molecule has 1 atom stereocenters. The Balaban J connectivity index is 1.98. The quantitative estimate of drug-likeness (QED) is 0.905. The standard InChI is InChI=1S/C18H26ClNO2/c1-12(2)17-14(9-13-5-3-6-20-11-13)15(19)10-16-18(17)22-8-4-7-21-16/h10,12-13,20H,3-9,11H2,1-2H3. The average Bonchev–Trinajstić information content (AvgIpc) is 2.73. The van der Waals surface area contributed by atoms with E-state index in [-0.39, 0.29) is 0 Å². The first-order chi connectivity index (χ1) is 10.7. The molecule has 3 nitrogen and oxygen atoms in total. The minimum absolute atomic E-state index is 0.376. The molecule has 1 aromatic rings. The van der Waals surface area contributed by atoms with Gasteiger partial charge in [0.1, 0.15) is 0 Å². The third-order valence-electron chi connectivity index (χ3n) is 4.60. The van der Waals surface area contributed by atoms with Gasteiger partial charge in [-0.3, -0.25) is 0 Å². The molecule has 1 aromatic carbocycles. The van der Waals surface area contributed by atoms with Crippen molar-refractivity contribution in [3.8, 4) is 11.5 Å². The number of nitrogens with one attached hydrogen (secondary N) is 1. The molecule has 22 heavy (non-hydrogen) atoms. The number of benzene rings is 1. The summed E-state index contributed by atoms with van der Waals surface area (Å²) in [7, 11) is 0. The van der Waals surface area contributed by atoms with Crippen molar-refractivity contribution in [1.29, 1.82) is 0 Å². The molecular weight excluding hydrogens is 298 g/mol. The molecule has 2 aliphatic heterocycles. The Morgan fingerprint density at radius 2 is 2.09 bits per heavy atom. The third kappa shape index (κ3) is 3.36. The van der Waals surface area contributed by atoms with Gasteiger partial charge < -0.3 is 14.8 Å². The summed E-state index contributed by atoms with van der Waals surface area (Å²) in [5, 5.41) is 4.33. The molecule has 0 saturated carbocycles. The highest BCUT2D eigenvalue weighted by atomic mass is 35.5. The van der Waals surface area contributed by atoms with Crippen LogP contribution in [-0.4, -0.2) is 26.3 Å². The van der Waals surface area contributed by atoms with Crippen LogP contribution in [0.15, 0.2) is 6.07 Å². The summed E-state index contributed by atoms with van der Waals surface area (Å²) in [6.07, 6.45) is 4.47. The lowest BCUT2D eigenvalue weighted by molar-refractivity contribution is 0.295. The molecule has 3 rings (SSSR count). The van der Waals surface area contributed by atoms with Crippen LogP contribution < -0.4 is 14.8 Å². The lowest BCUT2D eigenvalue weighted by Gasteiger charge is -2.26. The van der Waals surface area contributed by atoms with Crippen LogP contribution in [0.3, 0.4) is 0 Å². The van der Waals surface area contributed by atoms with Crippen LogP contribution in [-0.2, 0) is 6.42 Å². The summed E-state index contributed by atoms with van der Waals surface area (Å²) in [5.74, 6) is 2.78. The van der Waals surface area contributed by atoms with E-state index in [4.69, 9.17) is 21.1 Å². The Kier molecular flexibility index (Phi) is 5.14. The van der Waals surface area contributed by atoms with Gasteiger partial charge in [-0.2, -0.15) is 0 Å². The van der Waals surface area contributed by atoms with Gasteiger partial charge in [-0.05, 0) is 49.8 Å². The smallest absolute Gasteiger partial charge is 0.164 e. The number of hydrogen-bond donors (Lipinski definition) is 1. The van der Waals surface area contributed by atoms with Crippen molar-refractivity contribution in [2.24, 2.45) is 5.92 Å². The maximum absolute atomic E-state index is 6.63. The summed E-state index contributed by atoms with van der Waals surface area (Å²) >= 11 is 6.63. The van der Waals surface area contributed by atoms with Gasteiger partial charge in [0.25, 0.3) is 0 Å². The van der Waals surface area contributed by atoms with Gasteiger partial charge >= 0.3 is 0 Å². The van der Waals surface area contributed by atoms with Crippen LogP contribution in [0.4, 0.5) is 0 Å². The number of hydrogen-bond acceptors (Lipinski definition) is 3. The highest BCUT2D eigenvalue weighted by Gasteiger charge is 2.25. The van der Waals surface area contributed by atoms with Crippen molar-refractivity contribution >= 4 is 11.6 Å². The van der Waals surface area contributed by atoms with E-state index in [1.807, 2.05) is 6.07 Å². The zero-order chi connectivity index (χ0) is 15.5. The number of fused-ring (bicyclic) bond motifs is 1. The lowest BCUT2D eigenvalue weighted by atomic mass is 9.86. The number of piperidine rings is 1. The molecule has 0 aliphatic carbocycles. The second-order valence-electron chi connectivity index (χ2n) is 6.70. The SMILES string of the molecule is CC(C)c1c(CC2CCCNC2)c(Cl)cc2c1OCCCO2. The number of rotatable bonds is 3. The van der Waals surface area contributed by atoms with Crippen molar-refractivity contribution < 1.29 is 9.47 Å². The second-order valence-corrected chi connectivity index (χ2v) is 7.11. The summed E-state index contributed by atoms with van der Waals surface area (Å²) in [5.41, 5.74) is 2.50. The van der Waals surface area contributed by atoms with Gasteiger partial charge in [-0.25, -0.2) is 0 Å². The molecule has 1 N–H and O–H groups in total. The Morgan fingerprint density at radius 3 is 2.82 bits per heavy atom. The Bertz CT molecular complexity index is 524. The first-order valence-electron chi connectivity index (χ1n) is 8.48. The van der Waals surface area contributed by atoms with Gasteiger partial charge in [0, 0.05) is 23.1 Å². The first kappa shape index (κ1) is 15.9. The van der Waals surface area contributed by atoms with Gasteiger partial charge in [-0.1, -0.05) is 25.4 Å². The maximum Gasteiger partial charge on any atom is 0.164 e. The van der Waals surface area contributed by atoms with Crippen LogP contribution in [0.1, 0.15) is 50.2 Å². The maximum atomic E-state index is 6.63. The van der Waals surface area contributed by atoms with Crippen LogP contribution in [0.25, 0.3) is 0 Å². The zero-order valence-electron chi connectivity index (χ0n) is 13.6. The lowest BCUT2D eigenvalue weighted by Crippen LogP contribution is -2.31. The van der Waals surface area contributed by atoms with E-state index in [1.54, 1.807) is 0 Å².